The molecule has 1 aliphatic rings. The Bertz CT molecular complexity index is 395. The van der Waals surface area contributed by atoms with Crippen molar-refractivity contribution in [3.8, 4) is 0 Å². The average molecular weight is 261 g/mol. The number of hydrogen-bond acceptors (Lipinski definition) is 3. The first-order valence-corrected chi connectivity index (χ1v) is 7.50. The van der Waals surface area contributed by atoms with Gasteiger partial charge in [-0.15, -0.1) is 0 Å². The Kier molecular flexibility index (Phi) is 4.81. The normalized spacial score (nSPS) is 25.1. The van der Waals surface area contributed by atoms with Gasteiger partial charge in [0.25, 0.3) is 0 Å². The molecule has 0 bridgehead atoms. The van der Waals surface area contributed by atoms with E-state index >= 15 is 0 Å². The number of hydrogen-bond donors (Lipinski definition) is 1. The predicted octanol–water partition coefficient (Wildman–Crippen LogP) is 2.99. The smallest absolute Gasteiger partial charge is 0.131 e. The minimum atomic E-state index is 0.183. The summed E-state index contributed by atoms with van der Waals surface area (Å²) in [7, 11) is 2.19. The van der Waals surface area contributed by atoms with Crippen LogP contribution in [0.15, 0.2) is 18.3 Å². The Morgan fingerprint density at radius 2 is 2.05 bits per heavy atom. The number of anilines is 1. The van der Waals surface area contributed by atoms with Crippen molar-refractivity contribution < 1.29 is 0 Å². The van der Waals surface area contributed by atoms with E-state index in [0.29, 0.717) is 6.04 Å². The van der Waals surface area contributed by atoms with E-state index in [0.717, 1.165) is 18.2 Å². The van der Waals surface area contributed by atoms with Crippen LogP contribution >= 0.6 is 0 Å². The van der Waals surface area contributed by atoms with Gasteiger partial charge >= 0.3 is 0 Å². The molecule has 0 aliphatic heterocycles. The number of pyridine rings is 1. The minimum absolute atomic E-state index is 0.183. The van der Waals surface area contributed by atoms with Crippen molar-refractivity contribution in [2.24, 2.45) is 11.7 Å². The van der Waals surface area contributed by atoms with E-state index in [2.05, 4.69) is 36.8 Å². The van der Waals surface area contributed by atoms with Crippen LogP contribution in [0.4, 0.5) is 5.82 Å². The summed E-state index contributed by atoms with van der Waals surface area (Å²) in [5.74, 6) is 2.01. The summed E-state index contributed by atoms with van der Waals surface area (Å²) in [5.41, 5.74) is 7.22. The highest BCUT2D eigenvalue weighted by molar-refractivity contribution is 5.47. The Morgan fingerprint density at radius 3 is 2.68 bits per heavy atom. The molecule has 0 aromatic carbocycles. The molecular weight excluding hydrogens is 234 g/mol. The van der Waals surface area contributed by atoms with Crippen LogP contribution in [0.5, 0.6) is 0 Å². The molecule has 1 unspecified atom stereocenters. The zero-order chi connectivity index (χ0) is 13.8. The molecular formula is C16H27N3. The summed E-state index contributed by atoms with van der Waals surface area (Å²) in [6, 6.07) is 4.99. The lowest BCUT2D eigenvalue weighted by Gasteiger charge is -2.35. The maximum atomic E-state index is 5.94. The van der Waals surface area contributed by atoms with Crippen molar-refractivity contribution in [2.45, 2.75) is 58.0 Å². The summed E-state index contributed by atoms with van der Waals surface area (Å²) in [6.45, 7) is 4.41. The summed E-state index contributed by atoms with van der Waals surface area (Å²) in [5, 5.41) is 0. The molecule has 1 fully saturated rings. The summed E-state index contributed by atoms with van der Waals surface area (Å²) in [4.78, 5) is 6.97. The molecule has 1 heterocycles. The van der Waals surface area contributed by atoms with Gasteiger partial charge in [-0.3, -0.25) is 0 Å². The minimum Gasteiger partial charge on any atom is -0.356 e. The van der Waals surface area contributed by atoms with Crippen molar-refractivity contribution >= 4 is 5.82 Å². The lowest BCUT2D eigenvalue weighted by Crippen LogP contribution is -2.36. The molecule has 0 saturated heterocycles. The van der Waals surface area contributed by atoms with Gasteiger partial charge in [0.05, 0.1) is 0 Å². The highest BCUT2D eigenvalue weighted by Crippen LogP contribution is 2.30. The molecule has 1 atom stereocenters. The fourth-order valence-electron chi connectivity index (χ4n) is 3.06. The zero-order valence-electron chi connectivity index (χ0n) is 12.5. The molecule has 0 amide bonds. The molecule has 0 spiro atoms. The van der Waals surface area contributed by atoms with Gasteiger partial charge in [0.15, 0.2) is 0 Å². The molecule has 0 radical (unpaired) electrons. The molecule has 1 saturated carbocycles. The maximum Gasteiger partial charge on any atom is 0.131 e. The molecule has 1 aromatic rings. The summed E-state index contributed by atoms with van der Waals surface area (Å²) in [6.07, 6.45) is 8.03. The topological polar surface area (TPSA) is 42.1 Å². The van der Waals surface area contributed by atoms with Crippen LogP contribution < -0.4 is 10.6 Å². The second-order valence-electron chi connectivity index (χ2n) is 6.19. The van der Waals surface area contributed by atoms with Gasteiger partial charge < -0.3 is 10.6 Å². The van der Waals surface area contributed by atoms with Crippen molar-refractivity contribution in [1.82, 2.24) is 4.98 Å². The van der Waals surface area contributed by atoms with E-state index < -0.39 is 0 Å². The van der Waals surface area contributed by atoms with Crippen LogP contribution in [0.25, 0.3) is 0 Å². The Hall–Kier alpha value is -1.09. The second kappa shape index (κ2) is 6.38. The third kappa shape index (κ3) is 3.69. The molecule has 2 rings (SSSR count). The Labute approximate surface area is 117 Å². The molecule has 1 aromatic heterocycles. The second-order valence-corrected chi connectivity index (χ2v) is 6.19. The molecule has 3 nitrogen and oxygen atoms in total. The molecule has 3 heteroatoms. The molecule has 2 N–H and O–H groups in total. The molecule has 19 heavy (non-hydrogen) atoms. The van der Waals surface area contributed by atoms with Crippen LogP contribution in [0, 0.1) is 5.92 Å². The molecule has 1 aliphatic carbocycles. The Morgan fingerprint density at radius 1 is 1.37 bits per heavy atom. The first-order chi connectivity index (χ1) is 9.08. The van der Waals surface area contributed by atoms with Gasteiger partial charge in [-0.1, -0.05) is 13.0 Å². The van der Waals surface area contributed by atoms with Crippen molar-refractivity contribution in [2.75, 3.05) is 11.9 Å². The predicted molar refractivity (Wildman–Crippen MR) is 81.4 cm³/mol. The van der Waals surface area contributed by atoms with Crippen LogP contribution in [0.3, 0.4) is 0 Å². The number of nitrogens with zero attached hydrogens (tertiary/aromatic N) is 2. The quantitative estimate of drug-likeness (QED) is 0.906. The van der Waals surface area contributed by atoms with Gasteiger partial charge in [-0.2, -0.15) is 0 Å². The first kappa shape index (κ1) is 14.3. The van der Waals surface area contributed by atoms with Crippen LogP contribution in [-0.4, -0.2) is 24.1 Å². The van der Waals surface area contributed by atoms with Crippen molar-refractivity contribution in [1.29, 1.82) is 0 Å². The molecule has 106 valence electrons. The summed E-state index contributed by atoms with van der Waals surface area (Å²) < 4.78 is 0. The lowest BCUT2D eigenvalue weighted by atomic mass is 9.86. The largest absolute Gasteiger partial charge is 0.356 e. The van der Waals surface area contributed by atoms with Gasteiger partial charge in [0.2, 0.25) is 0 Å². The third-order valence-corrected chi connectivity index (χ3v) is 4.28. The van der Waals surface area contributed by atoms with E-state index in [9.17, 15) is 0 Å². The number of nitrogens with two attached hydrogens (primary N) is 1. The lowest BCUT2D eigenvalue weighted by molar-refractivity contribution is 0.339. The highest BCUT2D eigenvalue weighted by atomic mass is 15.2. The number of aromatic nitrogens is 1. The Balaban J connectivity index is 2.11. The third-order valence-electron chi connectivity index (χ3n) is 4.28. The van der Waals surface area contributed by atoms with Crippen molar-refractivity contribution in [3.63, 3.8) is 0 Å². The van der Waals surface area contributed by atoms with Crippen LogP contribution in [-0.2, 0) is 6.42 Å². The van der Waals surface area contributed by atoms with Gasteiger partial charge in [-0.05, 0) is 56.6 Å². The maximum absolute atomic E-state index is 5.94. The fourth-order valence-corrected chi connectivity index (χ4v) is 3.06. The van der Waals surface area contributed by atoms with Crippen LogP contribution in [0.1, 0.15) is 45.1 Å². The van der Waals surface area contributed by atoms with Gasteiger partial charge in [-0.25, -0.2) is 4.98 Å². The van der Waals surface area contributed by atoms with E-state index in [1.54, 1.807) is 0 Å². The van der Waals surface area contributed by atoms with E-state index in [1.807, 2.05) is 12.3 Å². The standard InChI is InChI=1S/C16H27N3/c1-12-6-8-15(9-7-12)19(3)16-14(11-13(2)17)5-4-10-18-16/h4-5,10,12-13,15H,6-9,11,17H2,1-3H3. The fraction of sp³-hybridized carbons (Fsp3) is 0.688. The highest BCUT2D eigenvalue weighted by Gasteiger charge is 2.23. The average Bonchev–Trinajstić information content (AvgIpc) is 2.39. The monoisotopic (exact) mass is 261 g/mol. The SMILES string of the molecule is CC(N)Cc1cccnc1N(C)C1CCC(C)CC1. The zero-order valence-corrected chi connectivity index (χ0v) is 12.5. The van der Waals surface area contributed by atoms with E-state index in [4.69, 9.17) is 5.73 Å². The first-order valence-electron chi connectivity index (χ1n) is 7.50. The number of rotatable bonds is 4. The van der Waals surface area contributed by atoms with Gasteiger partial charge in [0, 0.05) is 25.3 Å². The summed E-state index contributed by atoms with van der Waals surface area (Å²) >= 11 is 0. The van der Waals surface area contributed by atoms with Crippen LogP contribution in [0.2, 0.25) is 0 Å². The van der Waals surface area contributed by atoms with E-state index in [-0.39, 0.29) is 6.04 Å². The van der Waals surface area contributed by atoms with E-state index in [1.165, 1.54) is 31.2 Å². The van der Waals surface area contributed by atoms with Gasteiger partial charge in [0.1, 0.15) is 5.82 Å². The van der Waals surface area contributed by atoms with Crippen molar-refractivity contribution in [3.05, 3.63) is 23.9 Å².